The van der Waals surface area contributed by atoms with Crippen LogP contribution in [-0.2, 0) is 30.6 Å². The third kappa shape index (κ3) is 5.39. The van der Waals surface area contributed by atoms with E-state index in [1.807, 2.05) is 0 Å². The van der Waals surface area contributed by atoms with Crippen LogP contribution in [0.4, 0.5) is 5.13 Å². The van der Waals surface area contributed by atoms with Crippen molar-refractivity contribution in [2.45, 2.75) is 18.0 Å². The number of carbonyl (C=O) groups excluding carboxylic acids is 3. The Balaban J connectivity index is 1.52. The van der Waals surface area contributed by atoms with E-state index < -0.39 is 53.4 Å². The number of nitrogen functional groups attached to an aromatic ring is 1. The van der Waals surface area contributed by atoms with Crippen molar-refractivity contribution in [3.8, 4) is 0 Å². The second-order valence-corrected chi connectivity index (χ2v) is 9.69. The molecule has 2 atom stereocenters. The average molecular weight is 564 g/mol. The second-order valence-electron chi connectivity index (χ2n) is 7.80. The van der Waals surface area contributed by atoms with Gasteiger partial charge in [-0.05, 0) is 0 Å². The van der Waals surface area contributed by atoms with Crippen molar-refractivity contribution in [1.82, 2.24) is 19.6 Å². The van der Waals surface area contributed by atoms with Gasteiger partial charge in [0.15, 0.2) is 24.1 Å². The molecular formula is C20H19N8O8S2+. The summed E-state index contributed by atoms with van der Waals surface area (Å²) in [6, 6.07) is 1.88. The van der Waals surface area contributed by atoms with Crippen molar-refractivity contribution >= 4 is 63.8 Å². The Bertz CT molecular complexity index is 1390. The number of amides is 3. The monoisotopic (exact) mass is 563 g/mol. The van der Waals surface area contributed by atoms with E-state index in [9.17, 15) is 29.1 Å². The fourth-order valence-corrected chi connectivity index (χ4v) is 5.40. The highest BCUT2D eigenvalue weighted by molar-refractivity contribution is 8.00. The Labute approximate surface area is 221 Å². The summed E-state index contributed by atoms with van der Waals surface area (Å²) >= 11 is 2.00. The van der Waals surface area contributed by atoms with Crippen molar-refractivity contribution < 1.29 is 43.6 Å². The quantitative estimate of drug-likeness (QED) is 0.0891. The molecule has 198 valence electrons. The number of nitrogens with zero attached hydrogens (tertiary/aromatic N) is 5. The topological polar surface area (TPSA) is 244 Å². The number of carboxylic acid groups (broad SMARTS) is 2. The minimum Gasteiger partial charge on any atom is -0.479 e. The fraction of sp³-hybridized carbons (Fsp3) is 0.250. The number of nitrogens with two attached hydrogens (primary N) is 2. The predicted molar refractivity (Wildman–Crippen MR) is 129 cm³/mol. The van der Waals surface area contributed by atoms with Crippen LogP contribution in [0.25, 0.3) is 0 Å². The molecule has 0 saturated carbocycles. The fourth-order valence-electron chi connectivity index (χ4n) is 3.63. The Kier molecular flexibility index (Phi) is 7.53. The number of primary amides is 1. The van der Waals surface area contributed by atoms with E-state index in [-0.39, 0.29) is 34.5 Å². The number of pyridine rings is 1. The van der Waals surface area contributed by atoms with Crippen molar-refractivity contribution in [3.05, 3.63) is 47.2 Å². The Morgan fingerprint density at radius 3 is 2.55 bits per heavy atom. The van der Waals surface area contributed by atoms with Crippen LogP contribution in [0.15, 0.2) is 41.0 Å². The summed E-state index contributed by atoms with van der Waals surface area (Å²) in [5.74, 6) is -4.87. The number of nitrogens with one attached hydrogen (secondary N) is 1. The maximum Gasteiger partial charge on any atom is 0.352 e. The van der Waals surface area contributed by atoms with E-state index in [1.54, 1.807) is 17.0 Å². The van der Waals surface area contributed by atoms with Crippen LogP contribution in [0.5, 0.6) is 0 Å². The van der Waals surface area contributed by atoms with Gasteiger partial charge in [0.05, 0.1) is 5.56 Å². The molecule has 1 fully saturated rings. The van der Waals surface area contributed by atoms with Crippen molar-refractivity contribution in [3.63, 3.8) is 0 Å². The van der Waals surface area contributed by atoms with Gasteiger partial charge in [-0.25, -0.2) is 14.2 Å². The molecule has 4 heterocycles. The number of carbonyl (C=O) groups is 5. The minimum absolute atomic E-state index is 0.0124. The molecule has 0 radical (unpaired) electrons. The lowest BCUT2D eigenvalue weighted by atomic mass is 10.0. The summed E-state index contributed by atoms with van der Waals surface area (Å²) in [4.78, 5) is 69.6. The van der Waals surface area contributed by atoms with Gasteiger partial charge in [-0.1, -0.05) is 5.16 Å². The number of hydrogen-bond donors (Lipinski definition) is 5. The number of rotatable bonds is 10. The normalized spacial score (nSPS) is 18.9. The van der Waals surface area contributed by atoms with Crippen molar-refractivity contribution in [1.29, 1.82) is 0 Å². The maximum atomic E-state index is 13.0. The molecule has 1 saturated heterocycles. The second kappa shape index (κ2) is 10.8. The zero-order chi connectivity index (χ0) is 27.6. The van der Waals surface area contributed by atoms with Crippen LogP contribution >= 0.6 is 23.3 Å². The van der Waals surface area contributed by atoms with Gasteiger partial charge < -0.3 is 31.8 Å². The molecule has 18 heteroatoms. The summed E-state index contributed by atoms with van der Waals surface area (Å²) < 4.78 is 5.50. The molecule has 7 N–H and O–H groups in total. The molecule has 0 aromatic carbocycles. The lowest BCUT2D eigenvalue weighted by molar-refractivity contribution is -0.689. The summed E-state index contributed by atoms with van der Waals surface area (Å²) in [5, 5.41) is 23.8. The van der Waals surface area contributed by atoms with E-state index >= 15 is 0 Å². The number of fused-ring (bicyclic) bond motifs is 1. The molecule has 0 aliphatic carbocycles. The molecule has 16 nitrogen and oxygen atoms in total. The summed E-state index contributed by atoms with van der Waals surface area (Å²) in [5.41, 5.74) is 10.8. The molecule has 2 aliphatic rings. The predicted octanol–water partition coefficient (Wildman–Crippen LogP) is -2.25. The third-order valence-corrected chi connectivity index (χ3v) is 7.18. The zero-order valence-electron chi connectivity index (χ0n) is 19.1. The summed E-state index contributed by atoms with van der Waals surface area (Å²) in [7, 11) is 0. The minimum atomic E-state index is -1.34. The molecule has 0 bridgehead atoms. The molecule has 0 spiro atoms. The number of aliphatic carboxylic acids is 2. The lowest BCUT2D eigenvalue weighted by Crippen LogP contribution is -2.71. The van der Waals surface area contributed by atoms with E-state index in [1.165, 1.54) is 23.9 Å². The first-order chi connectivity index (χ1) is 18.1. The number of carboxylic acids is 2. The van der Waals surface area contributed by atoms with Gasteiger partial charge >= 0.3 is 11.9 Å². The van der Waals surface area contributed by atoms with Gasteiger partial charge in [0, 0.05) is 35.0 Å². The molecular weight excluding hydrogens is 544 g/mol. The van der Waals surface area contributed by atoms with Gasteiger partial charge in [0.2, 0.25) is 24.1 Å². The zero-order valence-corrected chi connectivity index (χ0v) is 20.8. The van der Waals surface area contributed by atoms with Gasteiger partial charge in [-0.3, -0.25) is 19.3 Å². The summed E-state index contributed by atoms with van der Waals surface area (Å²) in [6.45, 7) is -0.709. The summed E-state index contributed by atoms with van der Waals surface area (Å²) in [6.07, 6.45) is 3.13. The van der Waals surface area contributed by atoms with Crippen molar-refractivity contribution in [2.75, 3.05) is 18.1 Å². The van der Waals surface area contributed by atoms with Gasteiger partial charge in [0.25, 0.3) is 11.8 Å². The van der Waals surface area contributed by atoms with Crippen LogP contribution < -0.4 is 21.4 Å². The molecule has 2 aliphatic heterocycles. The smallest absolute Gasteiger partial charge is 0.352 e. The van der Waals surface area contributed by atoms with Gasteiger partial charge in [0.1, 0.15) is 17.1 Å². The van der Waals surface area contributed by atoms with Gasteiger partial charge in [-0.2, -0.15) is 9.36 Å². The van der Waals surface area contributed by atoms with Crippen molar-refractivity contribution in [2.24, 2.45) is 10.9 Å². The largest absolute Gasteiger partial charge is 0.479 e. The van der Waals surface area contributed by atoms with E-state index in [0.29, 0.717) is 5.57 Å². The first-order valence-electron chi connectivity index (χ1n) is 10.6. The molecule has 4 rings (SSSR count). The van der Waals surface area contributed by atoms with Gasteiger partial charge in [-0.15, -0.1) is 11.8 Å². The first-order valence-corrected chi connectivity index (χ1v) is 12.4. The Morgan fingerprint density at radius 2 is 1.97 bits per heavy atom. The lowest BCUT2D eigenvalue weighted by Gasteiger charge is -2.49. The highest BCUT2D eigenvalue weighted by Crippen LogP contribution is 2.40. The van der Waals surface area contributed by atoms with Crippen LogP contribution in [0.1, 0.15) is 16.2 Å². The number of β-lactam (4-membered cyclic amide) rings is 1. The van der Waals surface area contributed by atoms with Crippen LogP contribution in [0.3, 0.4) is 0 Å². The number of aromatic nitrogens is 3. The SMILES string of the molecule is NC(=O)c1cc[n+](CC2=C(C(=O)O)N3C(=O)C(NC(=O)C(=NOCC(=O)O)c4nsc(N)n4)[C@@H]3SC2)cc1. The number of oxime groups is 1. The standard InChI is InChI=1S/C20H18N8O8S2/c21-14(31)8-1-3-27(4-2-8)5-9-7-37-18-12(17(33)28(18)13(9)19(34)35)23-16(32)11(25-36-6-10(29)30)15-24-20(22)38-26-15/h1-4,12,18H,5-7H2,(H6-,21,22,23,24,26,29,30,31,32,34,35)/p+1/t12?,18-/m0/s1. The third-order valence-electron chi connectivity index (χ3n) is 5.30. The highest BCUT2D eigenvalue weighted by Gasteiger charge is 2.54. The number of hydrogen-bond acceptors (Lipinski definition) is 12. The number of thioether (sulfide) groups is 1. The average Bonchev–Trinajstić information content (AvgIpc) is 3.30. The Morgan fingerprint density at radius 1 is 1.26 bits per heavy atom. The molecule has 2 aromatic heterocycles. The van der Waals surface area contributed by atoms with E-state index in [4.69, 9.17) is 16.6 Å². The molecule has 1 unspecified atom stereocenters. The maximum absolute atomic E-state index is 13.0. The molecule has 2 aromatic rings. The molecule has 38 heavy (non-hydrogen) atoms. The highest BCUT2D eigenvalue weighted by atomic mass is 32.2. The number of anilines is 1. The Hall–Kier alpha value is -4.58. The van der Waals surface area contributed by atoms with Crippen LogP contribution in [-0.4, -0.2) is 83.6 Å². The van der Waals surface area contributed by atoms with Crippen LogP contribution in [0.2, 0.25) is 0 Å². The first kappa shape index (κ1) is 26.5. The van der Waals surface area contributed by atoms with E-state index in [0.717, 1.165) is 16.4 Å². The molecule has 3 amide bonds. The van der Waals surface area contributed by atoms with E-state index in [2.05, 4.69) is 24.7 Å². The van der Waals surface area contributed by atoms with Crippen LogP contribution in [0, 0.1) is 0 Å².